The molecule has 0 aromatic carbocycles. The zero-order valence-corrected chi connectivity index (χ0v) is 16.7. The summed E-state index contributed by atoms with van der Waals surface area (Å²) in [5.41, 5.74) is 0. The summed E-state index contributed by atoms with van der Waals surface area (Å²) < 4.78 is 37.2. The number of hydrogen-bond donors (Lipinski definition) is 2. The van der Waals surface area contributed by atoms with Gasteiger partial charge in [-0.25, -0.2) is 0 Å². The van der Waals surface area contributed by atoms with Crippen molar-refractivity contribution in [2.75, 3.05) is 13.2 Å². The van der Waals surface area contributed by atoms with Gasteiger partial charge in [0.25, 0.3) is 0 Å². The van der Waals surface area contributed by atoms with Crippen LogP contribution in [0.3, 0.4) is 0 Å². The maximum Gasteiger partial charge on any atom is 0.394 e. The fraction of sp³-hybridized carbons (Fsp3) is 1.00. The van der Waals surface area contributed by atoms with Gasteiger partial charge in [-0.3, -0.25) is 9.11 Å². The highest BCUT2D eigenvalue weighted by atomic mass is 32.3. The largest absolute Gasteiger partial charge is 0.394 e. The van der Waals surface area contributed by atoms with Gasteiger partial charge < -0.3 is 4.74 Å². The molecule has 0 aliphatic heterocycles. The van der Waals surface area contributed by atoms with Gasteiger partial charge in [0.05, 0.1) is 0 Å². The van der Waals surface area contributed by atoms with Gasteiger partial charge in [-0.15, -0.1) is 0 Å². The zero-order chi connectivity index (χ0) is 18.5. The van der Waals surface area contributed by atoms with Gasteiger partial charge in [-0.05, 0) is 12.8 Å². The Morgan fingerprint density at radius 3 is 1.17 bits per heavy atom. The second-order valence-corrected chi connectivity index (χ2v) is 7.20. The van der Waals surface area contributed by atoms with E-state index in [0.717, 1.165) is 13.2 Å². The summed E-state index contributed by atoms with van der Waals surface area (Å²) in [7, 11) is -4.67. The first-order valence-corrected chi connectivity index (χ1v) is 11.1. The molecular formula is C18H40O5S. The van der Waals surface area contributed by atoms with E-state index < -0.39 is 10.4 Å². The molecule has 0 saturated carbocycles. The van der Waals surface area contributed by atoms with E-state index in [0.29, 0.717) is 0 Å². The lowest BCUT2D eigenvalue weighted by molar-refractivity contribution is 0.125. The molecule has 0 radical (unpaired) electrons. The Labute approximate surface area is 150 Å². The third-order valence-corrected chi connectivity index (χ3v) is 3.78. The molecule has 0 aliphatic rings. The van der Waals surface area contributed by atoms with E-state index >= 15 is 0 Å². The normalized spacial score (nSPS) is 11.2. The van der Waals surface area contributed by atoms with E-state index in [1.807, 2.05) is 0 Å². The van der Waals surface area contributed by atoms with Crippen LogP contribution >= 0.6 is 0 Å². The first kappa shape index (κ1) is 26.1. The van der Waals surface area contributed by atoms with Crippen molar-refractivity contribution in [2.45, 2.75) is 104 Å². The van der Waals surface area contributed by atoms with E-state index in [9.17, 15) is 0 Å². The number of rotatable bonds is 16. The zero-order valence-electron chi connectivity index (χ0n) is 15.8. The molecule has 0 amide bonds. The Hall–Kier alpha value is -0.170. The molecule has 24 heavy (non-hydrogen) atoms. The molecule has 0 saturated heterocycles. The van der Waals surface area contributed by atoms with Crippen LogP contribution in [0.4, 0.5) is 0 Å². The lowest BCUT2D eigenvalue weighted by Gasteiger charge is -2.04. The third-order valence-electron chi connectivity index (χ3n) is 3.78. The predicted molar refractivity (Wildman–Crippen MR) is 101 cm³/mol. The maximum atomic E-state index is 8.74. The summed E-state index contributed by atoms with van der Waals surface area (Å²) in [5.74, 6) is 0. The van der Waals surface area contributed by atoms with Gasteiger partial charge in [-0.1, -0.05) is 90.9 Å². The summed E-state index contributed by atoms with van der Waals surface area (Å²) >= 11 is 0. The maximum absolute atomic E-state index is 8.74. The van der Waals surface area contributed by atoms with Crippen LogP contribution in [0.25, 0.3) is 0 Å². The van der Waals surface area contributed by atoms with Crippen LogP contribution in [0.15, 0.2) is 0 Å². The molecule has 0 aromatic heterocycles. The fourth-order valence-electron chi connectivity index (χ4n) is 2.42. The van der Waals surface area contributed by atoms with Crippen LogP contribution in [0.1, 0.15) is 104 Å². The molecule has 0 rings (SSSR count). The number of unbranched alkanes of at least 4 members (excludes halogenated alkanes) is 12. The van der Waals surface area contributed by atoms with Crippen molar-refractivity contribution < 1.29 is 22.3 Å². The fourth-order valence-corrected chi connectivity index (χ4v) is 2.42. The SMILES string of the molecule is CCCCCCCCCCCCOCCCCCC.O=S(=O)(O)O. The average molecular weight is 369 g/mol. The quantitative estimate of drug-likeness (QED) is 0.264. The standard InChI is InChI=1S/C18H38O.H2O4S/c1-3-5-7-9-10-11-12-13-14-16-18-19-17-15-8-6-4-2;1-5(2,3)4/h3-18H2,1-2H3;(H2,1,2,3,4). The van der Waals surface area contributed by atoms with E-state index in [1.54, 1.807) is 0 Å². The lowest BCUT2D eigenvalue weighted by Crippen LogP contribution is -1.97. The molecule has 0 aromatic rings. The van der Waals surface area contributed by atoms with Crippen molar-refractivity contribution in [2.24, 2.45) is 0 Å². The minimum absolute atomic E-state index is 0.984. The van der Waals surface area contributed by atoms with Gasteiger partial charge >= 0.3 is 10.4 Å². The minimum atomic E-state index is -4.67. The molecule has 0 heterocycles. The van der Waals surface area contributed by atoms with Crippen LogP contribution in [-0.4, -0.2) is 30.7 Å². The minimum Gasteiger partial charge on any atom is -0.381 e. The molecule has 0 unspecified atom stereocenters. The second kappa shape index (κ2) is 20.9. The summed E-state index contributed by atoms with van der Waals surface area (Å²) in [6.07, 6.45) is 19.3. The lowest BCUT2D eigenvalue weighted by atomic mass is 10.1. The third kappa shape index (κ3) is 37.8. The Bertz CT molecular complexity index is 293. The molecule has 2 N–H and O–H groups in total. The summed E-state index contributed by atoms with van der Waals surface area (Å²) in [5, 5.41) is 0. The Balaban J connectivity index is 0. The number of ether oxygens (including phenoxy) is 1. The van der Waals surface area contributed by atoms with E-state index in [1.165, 1.54) is 89.9 Å². The highest BCUT2D eigenvalue weighted by molar-refractivity contribution is 7.79. The van der Waals surface area contributed by atoms with E-state index in [-0.39, 0.29) is 0 Å². The van der Waals surface area contributed by atoms with Gasteiger partial charge in [-0.2, -0.15) is 8.42 Å². The average Bonchev–Trinajstić information content (AvgIpc) is 2.49. The predicted octanol–water partition coefficient (Wildman–Crippen LogP) is 5.85. The second-order valence-electron chi connectivity index (χ2n) is 6.30. The summed E-state index contributed by atoms with van der Waals surface area (Å²) in [6, 6.07) is 0. The molecule has 0 aliphatic carbocycles. The van der Waals surface area contributed by atoms with Crippen LogP contribution < -0.4 is 0 Å². The van der Waals surface area contributed by atoms with Gasteiger partial charge in [0, 0.05) is 13.2 Å². The topological polar surface area (TPSA) is 83.8 Å². The first-order chi connectivity index (χ1) is 11.4. The summed E-state index contributed by atoms with van der Waals surface area (Å²) in [4.78, 5) is 0. The monoisotopic (exact) mass is 368 g/mol. The van der Waals surface area contributed by atoms with Gasteiger partial charge in [0.1, 0.15) is 0 Å². The number of hydrogen-bond acceptors (Lipinski definition) is 3. The first-order valence-electron chi connectivity index (χ1n) is 9.69. The van der Waals surface area contributed by atoms with E-state index in [2.05, 4.69) is 13.8 Å². The molecule has 0 fully saturated rings. The van der Waals surface area contributed by atoms with Gasteiger partial charge in [0.2, 0.25) is 0 Å². The summed E-state index contributed by atoms with van der Waals surface area (Å²) in [6.45, 7) is 6.51. The Morgan fingerprint density at radius 2 is 0.833 bits per heavy atom. The molecular weight excluding hydrogens is 328 g/mol. The smallest absolute Gasteiger partial charge is 0.381 e. The molecule has 148 valence electrons. The molecule has 5 nitrogen and oxygen atoms in total. The van der Waals surface area contributed by atoms with Crippen LogP contribution in [0.5, 0.6) is 0 Å². The van der Waals surface area contributed by atoms with Crippen molar-refractivity contribution in [3.05, 3.63) is 0 Å². The van der Waals surface area contributed by atoms with Crippen molar-refractivity contribution in [1.29, 1.82) is 0 Å². The van der Waals surface area contributed by atoms with Crippen LogP contribution in [0, 0.1) is 0 Å². The Kier molecular flexibility index (Phi) is 22.7. The molecule has 0 spiro atoms. The van der Waals surface area contributed by atoms with Crippen LogP contribution in [-0.2, 0) is 15.1 Å². The van der Waals surface area contributed by atoms with Crippen molar-refractivity contribution in [1.82, 2.24) is 0 Å². The van der Waals surface area contributed by atoms with Crippen molar-refractivity contribution in [3.63, 3.8) is 0 Å². The molecule has 6 heteroatoms. The van der Waals surface area contributed by atoms with Crippen LogP contribution in [0.2, 0.25) is 0 Å². The van der Waals surface area contributed by atoms with E-state index in [4.69, 9.17) is 22.3 Å². The van der Waals surface area contributed by atoms with Gasteiger partial charge in [0.15, 0.2) is 0 Å². The molecule has 0 atom stereocenters. The highest BCUT2D eigenvalue weighted by Gasteiger charge is 1.93. The van der Waals surface area contributed by atoms with Crippen molar-refractivity contribution >= 4 is 10.4 Å². The highest BCUT2D eigenvalue weighted by Crippen LogP contribution is 2.10. The Morgan fingerprint density at radius 1 is 0.583 bits per heavy atom. The molecule has 0 bridgehead atoms. The van der Waals surface area contributed by atoms with Crippen molar-refractivity contribution in [3.8, 4) is 0 Å².